The van der Waals surface area contributed by atoms with Gasteiger partial charge in [-0.3, -0.25) is 4.79 Å². The monoisotopic (exact) mass is 274 g/mol. The molecule has 1 aromatic rings. The van der Waals surface area contributed by atoms with E-state index in [0.29, 0.717) is 6.54 Å². The number of nitrogens with two attached hydrogens (primary N) is 1. The smallest absolute Gasteiger partial charge is 0.227 e. The van der Waals surface area contributed by atoms with E-state index in [1.807, 2.05) is 6.92 Å². The summed E-state index contributed by atoms with van der Waals surface area (Å²) in [4.78, 5) is 12.2. The Kier molecular flexibility index (Phi) is 3.92. The predicted molar refractivity (Wildman–Crippen MR) is 82.4 cm³/mol. The minimum Gasteiger partial charge on any atom is -0.349 e. The van der Waals surface area contributed by atoms with Crippen LogP contribution >= 0.6 is 0 Å². The lowest BCUT2D eigenvalue weighted by atomic mass is 9.86. The van der Waals surface area contributed by atoms with Crippen LogP contribution in [0.5, 0.6) is 0 Å². The number of amides is 1. The molecule has 2 rings (SSSR count). The van der Waals surface area contributed by atoms with E-state index in [2.05, 4.69) is 50.4 Å². The van der Waals surface area contributed by atoms with Crippen molar-refractivity contribution in [3.05, 3.63) is 35.4 Å². The summed E-state index contributed by atoms with van der Waals surface area (Å²) in [6, 6.07) is 8.53. The molecule has 0 aromatic heterocycles. The first-order valence-corrected chi connectivity index (χ1v) is 7.40. The molecular formula is C17H26N2O. The third-order valence-corrected chi connectivity index (χ3v) is 4.35. The van der Waals surface area contributed by atoms with Crippen LogP contribution in [0.4, 0.5) is 0 Å². The largest absolute Gasteiger partial charge is 0.349 e. The van der Waals surface area contributed by atoms with Crippen molar-refractivity contribution < 1.29 is 4.79 Å². The number of carbonyl (C=O) groups is 1. The molecule has 0 saturated heterocycles. The van der Waals surface area contributed by atoms with Gasteiger partial charge in [-0.25, -0.2) is 0 Å². The molecule has 110 valence electrons. The molecule has 1 fully saturated rings. The van der Waals surface area contributed by atoms with Gasteiger partial charge in [-0.2, -0.15) is 0 Å². The molecule has 20 heavy (non-hydrogen) atoms. The molecule has 1 aliphatic carbocycles. The third-order valence-electron chi connectivity index (χ3n) is 4.35. The van der Waals surface area contributed by atoms with Gasteiger partial charge in [0.05, 0.1) is 11.5 Å². The second-order valence-corrected chi connectivity index (χ2v) is 7.05. The van der Waals surface area contributed by atoms with Crippen LogP contribution in [0.15, 0.2) is 24.3 Å². The molecule has 1 unspecified atom stereocenters. The van der Waals surface area contributed by atoms with E-state index in [9.17, 15) is 4.79 Å². The topological polar surface area (TPSA) is 55.1 Å². The average molecular weight is 274 g/mol. The van der Waals surface area contributed by atoms with E-state index in [0.717, 1.165) is 18.4 Å². The fourth-order valence-corrected chi connectivity index (χ4v) is 2.38. The SMILES string of the molecule is CC(NC(=O)C1(CN)CC1)c1ccc(C(C)(C)C)cc1. The highest BCUT2D eigenvalue weighted by Crippen LogP contribution is 2.45. The molecule has 3 nitrogen and oxygen atoms in total. The van der Waals surface area contributed by atoms with E-state index in [1.54, 1.807) is 0 Å². The van der Waals surface area contributed by atoms with E-state index in [-0.39, 0.29) is 22.8 Å². The Bertz CT molecular complexity index is 481. The lowest BCUT2D eigenvalue weighted by Gasteiger charge is -2.22. The van der Waals surface area contributed by atoms with Gasteiger partial charge in [0, 0.05) is 6.54 Å². The van der Waals surface area contributed by atoms with E-state index < -0.39 is 0 Å². The van der Waals surface area contributed by atoms with Gasteiger partial charge in [0.2, 0.25) is 5.91 Å². The van der Waals surface area contributed by atoms with Crippen molar-refractivity contribution in [1.29, 1.82) is 0 Å². The molecule has 0 bridgehead atoms. The maximum atomic E-state index is 12.2. The number of hydrogen-bond donors (Lipinski definition) is 2. The molecule has 1 atom stereocenters. The lowest BCUT2D eigenvalue weighted by molar-refractivity contribution is -0.126. The van der Waals surface area contributed by atoms with Gasteiger partial charge in [-0.1, -0.05) is 45.0 Å². The van der Waals surface area contributed by atoms with Crippen molar-refractivity contribution in [2.24, 2.45) is 11.1 Å². The average Bonchev–Trinajstić information content (AvgIpc) is 3.19. The van der Waals surface area contributed by atoms with Crippen LogP contribution in [-0.4, -0.2) is 12.5 Å². The van der Waals surface area contributed by atoms with Gasteiger partial charge in [0.1, 0.15) is 0 Å². The standard InChI is InChI=1S/C17H26N2O/c1-12(19-15(20)17(11-18)9-10-17)13-5-7-14(8-6-13)16(2,3)4/h5-8,12H,9-11,18H2,1-4H3,(H,19,20). The van der Waals surface area contributed by atoms with Crippen LogP contribution in [0.1, 0.15) is 57.7 Å². The summed E-state index contributed by atoms with van der Waals surface area (Å²) in [5, 5.41) is 3.09. The zero-order valence-electron chi connectivity index (χ0n) is 13.0. The van der Waals surface area contributed by atoms with Crippen molar-refractivity contribution in [3.8, 4) is 0 Å². The first-order valence-electron chi connectivity index (χ1n) is 7.40. The van der Waals surface area contributed by atoms with E-state index in [4.69, 9.17) is 5.73 Å². The van der Waals surface area contributed by atoms with E-state index in [1.165, 1.54) is 5.56 Å². The zero-order valence-corrected chi connectivity index (χ0v) is 13.0. The maximum absolute atomic E-state index is 12.2. The fourth-order valence-electron chi connectivity index (χ4n) is 2.38. The molecule has 1 saturated carbocycles. The highest BCUT2D eigenvalue weighted by molar-refractivity contribution is 5.85. The summed E-state index contributed by atoms with van der Waals surface area (Å²) >= 11 is 0. The Labute approximate surface area is 121 Å². The Balaban J connectivity index is 2.03. The Morgan fingerprint density at radius 1 is 1.30 bits per heavy atom. The highest BCUT2D eigenvalue weighted by Gasteiger charge is 2.48. The molecule has 1 amide bonds. The molecule has 0 radical (unpaired) electrons. The summed E-state index contributed by atoms with van der Waals surface area (Å²) < 4.78 is 0. The van der Waals surface area contributed by atoms with Crippen LogP contribution in [-0.2, 0) is 10.2 Å². The molecule has 0 heterocycles. The van der Waals surface area contributed by atoms with Gasteiger partial charge in [-0.15, -0.1) is 0 Å². The second kappa shape index (κ2) is 5.21. The third kappa shape index (κ3) is 3.04. The van der Waals surface area contributed by atoms with Crippen LogP contribution in [0, 0.1) is 5.41 Å². The number of benzene rings is 1. The van der Waals surface area contributed by atoms with Gasteiger partial charge in [0.15, 0.2) is 0 Å². The Morgan fingerprint density at radius 2 is 1.85 bits per heavy atom. The van der Waals surface area contributed by atoms with Gasteiger partial charge in [0.25, 0.3) is 0 Å². The Morgan fingerprint density at radius 3 is 2.25 bits per heavy atom. The molecule has 1 aliphatic rings. The molecule has 3 N–H and O–H groups in total. The minimum atomic E-state index is -0.278. The summed E-state index contributed by atoms with van der Waals surface area (Å²) in [5.74, 6) is 0.104. The first kappa shape index (κ1) is 15.0. The molecule has 0 aliphatic heterocycles. The van der Waals surface area contributed by atoms with Crippen molar-refractivity contribution >= 4 is 5.91 Å². The van der Waals surface area contributed by atoms with Crippen molar-refractivity contribution in [2.75, 3.05) is 6.54 Å². The minimum absolute atomic E-state index is 0.0283. The normalized spacial score (nSPS) is 18.4. The quantitative estimate of drug-likeness (QED) is 0.887. The summed E-state index contributed by atoms with van der Waals surface area (Å²) in [6.07, 6.45) is 1.84. The number of carbonyl (C=O) groups excluding carboxylic acids is 1. The first-order chi connectivity index (χ1) is 9.28. The van der Waals surface area contributed by atoms with Crippen LogP contribution in [0.2, 0.25) is 0 Å². The zero-order chi connectivity index (χ0) is 15.0. The number of hydrogen-bond acceptors (Lipinski definition) is 2. The summed E-state index contributed by atoms with van der Waals surface area (Å²) in [7, 11) is 0. The van der Waals surface area contributed by atoms with Crippen molar-refractivity contribution in [1.82, 2.24) is 5.32 Å². The van der Waals surface area contributed by atoms with Gasteiger partial charge in [-0.05, 0) is 36.3 Å². The van der Waals surface area contributed by atoms with Crippen LogP contribution in [0.25, 0.3) is 0 Å². The molecule has 0 spiro atoms. The number of rotatable bonds is 4. The predicted octanol–water partition coefficient (Wildman–Crippen LogP) is 2.90. The molecule has 1 aromatic carbocycles. The summed E-state index contributed by atoms with van der Waals surface area (Å²) in [6.45, 7) is 9.08. The van der Waals surface area contributed by atoms with Gasteiger partial charge < -0.3 is 11.1 Å². The van der Waals surface area contributed by atoms with E-state index >= 15 is 0 Å². The highest BCUT2D eigenvalue weighted by atomic mass is 16.2. The van der Waals surface area contributed by atoms with Crippen molar-refractivity contribution in [3.63, 3.8) is 0 Å². The van der Waals surface area contributed by atoms with Crippen molar-refractivity contribution in [2.45, 2.75) is 52.0 Å². The maximum Gasteiger partial charge on any atom is 0.227 e. The lowest BCUT2D eigenvalue weighted by Crippen LogP contribution is -2.37. The van der Waals surface area contributed by atoms with Crippen LogP contribution in [0.3, 0.4) is 0 Å². The Hall–Kier alpha value is -1.35. The van der Waals surface area contributed by atoms with Crippen LogP contribution < -0.4 is 11.1 Å². The molecular weight excluding hydrogens is 248 g/mol. The second-order valence-electron chi connectivity index (χ2n) is 7.05. The fraction of sp³-hybridized carbons (Fsp3) is 0.588. The molecule has 3 heteroatoms. The van der Waals surface area contributed by atoms with Gasteiger partial charge >= 0.3 is 0 Å². The summed E-state index contributed by atoms with van der Waals surface area (Å²) in [5.41, 5.74) is 8.01. The number of nitrogens with one attached hydrogen (secondary N) is 1.